The molecule has 1 N–H and O–H groups in total. The minimum Gasteiger partial charge on any atom is -0.455 e. The smallest absolute Gasteiger partial charge is 0.148 e. The summed E-state index contributed by atoms with van der Waals surface area (Å²) in [5.74, 6) is 2.84. The zero-order valence-corrected chi connectivity index (χ0v) is 12.4. The minimum absolute atomic E-state index is 0.675. The summed E-state index contributed by atoms with van der Waals surface area (Å²) in [7, 11) is 0. The standard InChI is InChI=1S/C17H16N4O/c1-12-6-7-15(13(2)20-12)22-14-8-10-19-17(11-14)21-16-5-3-4-9-18-16/h3-11H,1-2H3,(H,18,19,21). The summed E-state index contributed by atoms with van der Waals surface area (Å²) in [5.41, 5.74) is 1.83. The summed E-state index contributed by atoms with van der Waals surface area (Å²) in [6.07, 6.45) is 3.42. The molecule has 0 aliphatic rings. The van der Waals surface area contributed by atoms with E-state index in [2.05, 4.69) is 20.3 Å². The van der Waals surface area contributed by atoms with E-state index in [0.717, 1.165) is 23.0 Å². The van der Waals surface area contributed by atoms with Crippen LogP contribution in [0.25, 0.3) is 0 Å². The Hall–Kier alpha value is -2.95. The fraction of sp³-hybridized carbons (Fsp3) is 0.118. The number of hydrogen-bond acceptors (Lipinski definition) is 5. The van der Waals surface area contributed by atoms with Gasteiger partial charge in [0.2, 0.25) is 0 Å². The first kappa shape index (κ1) is 14.0. The van der Waals surface area contributed by atoms with E-state index in [-0.39, 0.29) is 0 Å². The molecule has 0 radical (unpaired) electrons. The first-order valence-corrected chi connectivity index (χ1v) is 6.97. The molecule has 110 valence electrons. The molecule has 22 heavy (non-hydrogen) atoms. The van der Waals surface area contributed by atoms with Crippen LogP contribution in [0.15, 0.2) is 54.9 Å². The maximum atomic E-state index is 5.88. The third-order valence-corrected chi connectivity index (χ3v) is 3.06. The van der Waals surface area contributed by atoms with Crippen molar-refractivity contribution in [3.63, 3.8) is 0 Å². The van der Waals surface area contributed by atoms with Gasteiger partial charge in [0.15, 0.2) is 0 Å². The van der Waals surface area contributed by atoms with Gasteiger partial charge in [0.05, 0.1) is 5.69 Å². The van der Waals surface area contributed by atoms with E-state index in [1.165, 1.54) is 0 Å². The SMILES string of the molecule is Cc1ccc(Oc2ccnc(Nc3ccccn3)c2)c(C)n1. The highest BCUT2D eigenvalue weighted by Crippen LogP contribution is 2.25. The van der Waals surface area contributed by atoms with E-state index < -0.39 is 0 Å². The minimum atomic E-state index is 0.675. The second-order valence-corrected chi connectivity index (χ2v) is 4.86. The Morgan fingerprint density at radius 3 is 2.55 bits per heavy atom. The Bertz CT molecular complexity index is 775. The average molecular weight is 292 g/mol. The Morgan fingerprint density at radius 2 is 1.77 bits per heavy atom. The van der Waals surface area contributed by atoms with Crippen LogP contribution >= 0.6 is 0 Å². The van der Waals surface area contributed by atoms with Gasteiger partial charge in [-0.15, -0.1) is 0 Å². The van der Waals surface area contributed by atoms with E-state index in [9.17, 15) is 0 Å². The quantitative estimate of drug-likeness (QED) is 0.787. The van der Waals surface area contributed by atoms with E-state index >= 15 is 0 Å². The number of aryl methyl sites for hydroxylation is 2. The number of hydrogen-bond donors (Lipinski definition) is 1. The molecule has 0 saturated carbocycles. The number of aromatic nitrogens is 3. The largest absolute Gasteiger partial charge is 0.455 e. The number of ether oxygens (including phenoxy) is 1. The number of anilines is 2. The number of pyridine rings is 3. The molecule has 0 fully saturated rings. The molecule has 0 amide bonds. The van der Waals surface area contributed by atoms with Gasteiger partial charge in [0.1, 0.15) is 23.1 Å². The molecular weight excluding hydrogens is 276 g/mol. The second kappa shape index (κ2) is 6.22. The summed E-state index contributed by atoms with van der Waals surface area (Å²) in [6.45, 7) is 3.88. The van der Waals surface area contributed by atoms with E-state index in [0.29, 0.717) is 11.6 Å². The number of nitrogens with one attached hydrogen (secondary N) is 1. The lowest BCUT2D eigenvalue weighted by Crippen LogP contribution is -1.96. The molecule has 0 saturated heterocycles. The van der Waals surface area contributed by atoms with Crippen molar-refractivity contribution in [3.05, 3.63) is 66.2 Å². The van der Waals surface area contributed by atoms with E-state index in [1.807, 2.05) is 56.3 Å². The lowest BCUT2D eigenvalue weighted by molar-refractivity contribution is 0.475. The second-order valence-electron chi connectivity index (χ2n) is 4.86. The van der Waals surface area contributed by atoms with Crippen LogP contribution in [0.1, 0.15) is 11.4 Å². The molecule has 0 aromatic carbocycles. The molecule has 0 aliphatic heterocycles. The molecule has 5 nitrogen and oxygen atoms in total. The molecule has 0 spiro atoms. The van der Waals surface area contributed by atoms with Crippen LogP contribution in [0.2, 0.25) is 0 Å². The lowest BCUT2D eigenvalue weighted by atomic mass is 10.3. The van der Waals surface area contributed by atoms with Gasteiger partial charge >= 0.3 is 0 Å². The molecule has 3 rings (SSSR count). The van der Waals surface area contributed by atoms with Crippen molar-refractivity contribution in [1.82, 2.24) is 15.0 Å². The molecule has 0 atom stereocenters. The number of nitrogens with zero attached hydrogens (tertiary/aromatic N) is 3. The summed E-state index contributed by atoms with van der Waals surface area (Å²) in [6, 6.07) is 13.1. The third kappa shape index (κ3) is 3.38. The fourth-order valence-corrected chi connectivity index (χ4v) is 2.02. The third-order valence-electron chi connectivity index (χ3n) is 3.06. The highest BCUT2D eigenvalue weighted by Gasteiger charge is 2.05. The molecule has 3 aromatic heterocycles. The van der Waals surface area contributed by atoms with Crippen LogP contribution < -0.4 is 10.1 Å². The molecule has 5 heteroatoms. The summed E-state index contributed by atoms with van der Waals surface area (Å²) in [4.78, 5) is 12.9. The van der Waals surface area contributed by atoms with Crippen molar-refractivity contribution in [2.75, 3.05) is 5.32 Å². The van der Waals surface area contributed by atoms with Crippen LogP contribution in [-0.4, -0.2) is 15.0 Å². The van der Waals surface area contributed by atoms with Crippen LogP contribution in [0.5, 0.6) is 11.5 Å². The maximum Gasteiger partial charge on any atom is 0.148 e. The molecule has 0 bridgehead atoms. The molecule has 0 aliphatic carbocycles. The van der Waals surface area contributed by atoms with Gasteiger partial charge in [-0.2, -0.15) is 0 Å². The maximum absolute atomic E-state index is 5.88. The van der Waals surface area contributed by atoms with Crippen molar-refractivity contribution >= 4 is 11.6 Å². The van der Waals surface area contributed by atoms with Gasteiger partial charge in [0.25, 0.3) is 0 Å². The van der Waals surface area contributed by atoms with Crippen molar-refractivity contribution in [1.29, 1.82) is 0 Å². The van der Waals surface area contributed by atoms with Crippen LogP contribution in [-0.2, 0) is 0 Å². The van der Waals surface area contributed by atoms with Gasteiger partial charge in [-0.05, 0) is 44.2 Å². The van der Waals surface area contributed by atoms with E-state index in [1.54, 1.807) is 12.4 Å². The molecular formula is C17H16N4O. The van der Waals surface area contributed by atoms with Gasteiger partial charge in [0, 0.05) is 24.2 Å². The monoisotopic (exact) mass is 292 g/mol. The first-order valence-electron chi connectivity index (χ1n) is 6.97. The van der Waals surface area contributed by atoms with Gasteiger partial charge < -0.3 is 10.1 Å². The topological polar surface area (TPSA) is 59.9 Å². The fourth-order valence-electron chi connectivity index (χ4n) is 2.02. The van der Waals surface area contributed by atoms with Crippen molar-refractivity contribution in [3.8, 4) is 11.5 Å². The normalized spacial score (nSPS) is 10.3. The number of rotatable bonds is 4. The van der Waals surface area contributed by atoms with Crippen molar-refractivity contribution < 1.29 is 4.74 Å². The van der Waals surface area contributed by atoms with Crippen LogP contribution in [0, 0.1) is 13.8 Å². The van der Waals surface area contributed by atoms with Crippen molar-refractivity contribution in [2.45, 2.75) is 13.8 Å². The highest BCUT2D eigenvalue weighted by atomic mass is 16.5. The predicted molar refractivity (Wildman–Crippen MR) is 85.5 cm³/mol. The zero-order chi connectivity index (χ0) is 15.4. The summed E-state index contributed by atoms with van der Waals surface area (Å²) in [5, 5.41) is 3.14. The molecule has 0 unspecified atom stereocenters. The lowest BCUT2D eigenvalue weighted by Gasteiger charge is -2.10. The average Bonchev–Trinajstić information content (AvgIpc) is 2.52. The molecule has 3 aromatic rings. The summed E-state index contributed by atoms with van der Waals surface area (Å²) >= 11 is 0. The first-order chi connectivity index (χ1) is 10.7. The van der Waals surface area contributed by atoms with Gasteiger partial charge in [-0.1, -0.05) is 6.07 Å². The van der Waals surface area contributed by atoms with E-state index in [4.69, 9.17) is 4.74 Å². The van der Waals surface area contributed by atoms with Crippen molar-refractivity contribution in [2.24, 2.45) is 0 Å². The Labute approximate surface area is 129 Å². The Kier molecular flexibility index (Phi) is 3.96. The molecule has 3 heterocycles. The van der Waals surface area contributed by atoms with Gasteiger partial charge in [-0.25, -0.2) is 9.97 Å². The van der Waals surface area contributed by atoms with Gasteiger partial charge in [-0.3, -0.25) is 4.98 Å². The Morgan fingerprint density at radius 1 is 0.909 bits per heavy atom. The highest BCUT2D eigenvalue weighted by molar-refractivity contribution is 5.53. The predicted octanol–water partition coefficient (Wildman–Crippen LogP) is 4.02. The zero-order valence-electron chi connectivity index (χ0n) is 12.4. The Balaban J connectivity index is 1.79. The summed E-state index contributed by atoms with van der Waals surface area (Å²) < 4.78 is 5.88. The van der Waals surface area contributed by atoms with Crippen LogP contribution in [0.4, 0.5) is 11.6 Å². The van der Waals surface area contributed by atoms with Crippen LogP contribution in [0.3, 0.4) is 0 Å².